The number of anilines is 1. The number of nitrogens with zero attached hydrogens (tertiary/aromatic N) is 2. The van der Waals surface area contributed by atoms with Gasteiger partial charge in [0.15, 0.2) is 4.32 Å². The summed E-state index contributed by atoms with van der Waals surface area (Å²) in [5.74, 6) is 0.308. The van der Waals surface area contributed by atoms with E-state index in [-0.39, 0.29) is 18.2 Å². The maximum absolute atomic E-state index is 13.0. The first-order valence-corrected chi connectivity index (χ1v) is 11.0. The Balaban J connectivity index is 1.57. The number of rotatable bonds is 6. The normalized spacial score (nSPS) is 14.8. The number of hydrogen-bond donors (Lipinski definition) is 0. The smallest absolute Gasteiger partial charge is 0.270 e. The highest BCUT2D eigenvalue weighted by Gasteiger charge is 2.33. The molecule has 4 rings (SSSR count). The molecule has 160 valence electrons. The van der Waals surface area contributed by atoms with Crippen LogP contribution in [0.25, 0.3) is 6.08 Å². The first kappa shape index (κ1) is 22.0. The number of halogens is 1. The van der Waals surface area contributed by atoms with E-state index >= 15 is 0 Å². The second-order valence-corrected chi connectivity index (χ2v) is 8.79. The Bertz CT molecular complexity index is 1240. The lowest BCUT2D eigenvalue weighted by molar-refractivity contribution is -0.384. The van der Waals surface area contributed by atoms with E-state index in [1.165, 1.54) is 40.9 Å². The molecule has 1 aliphatic rings. The summed E-state index contributed by atoms with van der Waals surface area (Å²) in [6, 6.07) is 20.5. The summed E-state index contributed by atoms with van der Waals surface area (Å²) in [7, 11) is 0. The molecular weight excluding hydrogens is 468 g/mol. The third kappa shape index (κ3) is 4.67. The van der Waals surface area contributed by atoms with E-state index in [1.54, 1.807) is 12.1 Å². The predicted molar refractivity (Wildman–Crippen MR) is 131 cm³/mol. The number of thioether (sulfide) groups is 1. The highest BCUT2D eigenvalue weighted by molar-refractivity contribution is 8.27. The van der Waals surface area contributed by atoms with Gasteiger partial charge in [0.05, 0.1) is 15.5 Å². The molecule has 3 aromatic rings. The molecule has 0 spiro atoms. The molecule has 0 bridgehead atoms. The van der Waals surface area contributed by atoms with Crippen molar-refractivity contribution in [1.29, 1.82) is 0 Å². The van der Waals surface area contributed by atoms with Gasteiger partial charge in [-0.25, -0.2) is 0 Å². The standard InChI is InChI=1S/C23H15ClN2O4S2/c24-19-7-3-1-6-16(19)14-30-20-8-4-2-5-15(20)13-21-22(27)25(23(31)32-21)17-9-11-18(12-10-17)26(28)29/h1-13H,14H2/b21-13+. The highest BCUT2D eigenvalue weighted by atomic mass is 35.5. The number of non-ortho nitro benzene ring substituents is 1. The molecule has 9 heteroatoms. The van der Waals surface area contributed by atoms with Gasteiger partial charge in [-0.05, 0) is 30.3 Å². The van der Waals surface area contributed by atoms with E-state index in [0.29, 0.717) is 25.7 Å². The molecule has 1 fully saturated rings. The molecule has 0 saturated carbocycles. The fraction of sp³-hybridized carbons (Fsp3) is 0.0435. The number of carbonyl (C=O) groups is 1. The van der Waals surface area contributed by atoms with Crippen LogP contribution in [-0.4, -0.2) is 15.2 Å². The molecule has 1 heterocycles. The van der Waals surface area contributed by atoms with Crippen molar-refractivity contribution in [3.63, 3.8) is 0 Å². The second kappa shape index (κ2) is 9.52. The number of ether oxygens (including phenoxy) is 1. The molecule has 0 aromatic heterocycles. The van der Waals surface area contributed by atoms with Crippen LogP contribution >= 0.6 is 35.6 Å². The molecular formula is C23H15ClN2O4S2. The summed E-state index contributed by atoms with van der Waals surface area (Å²) in [6.07, 6.45) is 1.73. The van der Waals surface area contributed by atoms with Crippen LogP contribution in [0, 0.1) is 10.1 Å². The molecule has 0 N–H and O–H groups in total. The molecule has 1 saturated heterocycles. The fourth-order valence-corrected chi connectivity index (χ4v) is 4.54. The van der Waals surface area contributed by atoms with E-state index in [4.69, 9.17) is 28.6 Å². The molecule has 1 amide bonds. The molecule has 6 nitrogen and oxygen atoms in total. The zero-order chi connectivity index (χ0) is 22.7. The lowest BCUT2D eigenvalue weighted by Crippen LogP contribution is -2.27. The molecule has 0 atom stereocenters. The number of nitro groups is 1. The molecule has 0 unspecified atom stereocenters. The number of para-hydroxylation sites is 1. The fourth-order valence-electron chi connectivity index (χ4n) is 3.06. The lowest BCUT2D eigenvalue weighted by atomic mass is 10.1. The minimum atomic E-state index is -0.493. The van der Waals surface area contributed by atoms with E-state index in [1.807, 2.05) is 42.5 Å². The summed E-state index contributed by atoms with van der Waals surface area (Å²) in [4.78, 5) is 25.2. The van der Waals surface area contributed by atoms with Gasteiger partial charge in [0, 0.05) is 28.3 Å². The first-order valence-electron chi connectivity index (χ1n) is 9.41. The van der Waals surface area contributed by atoms with Crippen molar-refractivity contribution in [2.75, 3.05) is 4.90 Å². The summed E-state index contributed by atoms with van der Waals surface area (Å²) in [6.45, 7) is 0.286. The van der Waals surface area contributed by atoms with E-state index in [2.05, 4.69) is 0 Å². The van der Waals surface area contributed by atoms with Gasteiger partial charge in [-0.2, -0.15) is 0 Å². The summed E-state index contributed by atoms with van der Waals surface area (Å²) in [5.41, 5.74) is 2.00. The van der Waals surface area contributed by atoms with Gasteiger partial charge >= 0.3 is 0 Å². The Kier molecular flexibility index (Phi) is 6.55. The van der Waals surface area contributed by atoms with E-state index < -0.39 is 4.92 Å². The predicted octanol–water partition coefficient (Wildman–Crippen LogP) is 6.23. The minimum Gasteiger partial charge on any atom is -0.488 e. The number of amides is 1. The number of hydrogen-bond acceptors (Lipinski definition) is 6. The van der Waals surface area contributed by atoms with Crippen LogP contribution in [0.5, 0.6) is 5.75 Å². The maximum atomic E-state index is 13.0. The van der Waals surface area contributed by atoms with E-state index in [0.717, 1.165) is 11.1 Å². The topological polar surface area (TPSA) is 72.7 Å². The van der Waals surface area contributed by atoms with Crippen molar-refractivity contribution < 1.29 is 14.5 Å². The van der Waals surface area contributed by atoms with Crippen molar-refractivity contribution in [3.8, 4) is 5.75 Å². The van der Waals surface area contributed by atoms with E-state index in [9.17, 15) is 14.9 Å². The molecule has 0 aliphatic carbocycles. The van der Waals surface area contributed by atoms with Crippen LogP contribution in [0.15, 0.2) is 77.7 Å². The van der Waals surface area contributed by atoms with Gasteiger partial charge < -0.3 is 4.74 Å². The Labute approximate surface area is 198 Å². The summed E-state index contributed by atoms with van der Waals surface area (Å²) in [5, 5.41) is 11.5. The van der Waals surface area contributed by atoms with Crippen molar-refractivity contribution >= 4 is 63.3 Å². The highest BCUT2D eigenvalue weighted by Crippen LogP contribution is 2.37. The average Bonchev–Trinajstić information content (AvgIpc) is 3.07. The van der Waals surface area contributed by atoms with Crippen LogP contribution in [0.2, 0.25) is 5.02 Å². The van der Waals surface area contributed by atoms with Crippen LogP contribution in [0.1, 0.15) is 11.1 Å². The van der Waals surface area contributed by atoms with Gasteiger partial charge in [0.1, 0.15) is 12.4 Å². The average molecular weight is 483 g/mol. The number of carbonyl (C=O) groups excluding carboxylic acids is 1. The van der Waals surface area contributed by atoms with Crippen molar-refractivity contribution in [3.05, 3.63) is 104 Å². The number of nitro benzene ring substituents is 1. The SMILES string of the molecule is O=C1/C(=C\c2ccccc2OCc2ccccc2Cl)SC(=S)N1c1ccc([N+](=O)[O-])cc1. The number of benzene rings is 3. The number of thiocarbonyl (C=S) groups is 1. The van der Waals surface area contributed by atoms with Crippen molar-refractivity contribution in [2.45, 2.75) is 6.61 Å². The first-order chi connectivity index (χ1) is 15.4. The monoisotopic (exact) mass is 482 g/mol. The third-order valence-corrected chi connectivity index (χ3v) is 6.33. The van der Waals surface area contributed by atoms with Crippen LogP contribution in [-0.2, 0) is 11.4 Å². The Morgan fingerprint density at radius 1 is 1.06 bits per heavy atom. The third-order valence-electron chi connectivity index (χ3n) is 4.66. The summed E-state index contributed by atoms with van der Waals surface area (Å²) < 4.78 is 6.32. The summed E-state index contributed by atoms with van der Waals surface area (Å²) >= 11 is 12.8. The zero-order valence-electron chi connectivity index (χ0n) is 16.4. The molecule has 32 heavy (non-hydrogen) atoms. The molecule has 3 aromatic carbocycles. The van der Waals surface area contributed by atoms with Gasteiger partial charge in [0.2, 0.25) is 0 Å². The van der Waals surface area contributed by atoms with Crippen molar-refractivity contribution in [2.24, 2.45) is 0 Å². The second-order valence-electron chi connectivity index (χ2n) is 6.71. The largest absolute Gasteiger partial charge is 0.488 e. The van der Waals surface area contributed by atoms with Gasteiger partial charge in [-0.1, -0.05) is 72.0 Å². The van der Waals surface area contributed by atoms with Crippen molar-refractivity contribution in [1.82, 2.24) is 0 Å². The Hall–Kier alpha value is -3.20. The quantitative estimate of drug-likeness (QED) is 0.179. The van der Waals surface area contributed by atoms with Gasteiger partial charge in [-0.3, -0.25) is 19.8 Å². The molecule has 1 aliphatic heterocycles. The molecule has 0 radical (unpaired) electrons. The van der Waals surface area contributed by atoms with Crippen LogP contribution in [0.3, 0.4) is 0 Å². The maximum Gasteiger partial charge on any atom is 0.270 e. The minimum absolute atomic E-state index is 0.0562. The van der Waals surface area contributed by atoms with Crippen LogP contribution < -0.4 is 9.64 Å². The Morgan fingerprint density at radius 2 is 1.75 bits per heavy atom. The van der Waals surface area contributed by atoms with Crippen LogP contribution in [0.4, 0.5) is 11.4 Å². The van der Waals surface area contributed by atoms with Gasteiger partial charge in [0.25, 0.3) is 11.6 Å². The van der Waals surface area contributed by atoms with Gasteiger partial charge in [-0.15, -0.1) is 0 Å². The lowest BCUT2D eigenvalue weighted by Gasteiger charge is -2.14. The zero-order valence-corrected chi connectivity index (χ0v) is 18.8. The Morgan fingerprint density at radius 3 is 2.47 bits per heavy atom.